The van der Waals surface area contributed by atoms with Crippen molar-refractivity contribution in [2.45, 2.75) is 20.3 Å². The van der Waals surface area contributed by atoms with Gasteiger partial charge in [0.1, 0.15) is 0 Å². The van der Waals surface area contributed by atoms with Gasteiger partial charge in [0.25, 0.3) is 0 Å². The lowest BCUT2D eigenvalue weighted by atomic mass is 10.1. The molecule has 0 aliphatic heterocycles. The van der Waals surface area contributed by atoms with Gasteiger partial charge in [-0.25, -0.2) is 0 Å². The van der Waals surface area contributed by atoms with Crippen LogP contribution >= 0.6 is 0 Å². The Kier molecular flexibility index (Phi) is 13.1. The number of hydrogen-bond acceptors (Lipinski definition) is 3. The molecule has 0 amide bonds. The minimum Gasteiger partial charge on any atom is -0.395 e. The monoisotopic (exact) mass is 176 g/mol. The lowest BCUT2D eigenvalue weighted by molar-refractivity contribution is 0.243. The second kappa shape index (κ2) is 10.9. The Morgan fingerprint density at radius 3 is 1.83 bits per heavy atom. The summed E-state index contributed by atoms with van der Waals surface area (Å²) in [5, 5.41) is 8.20. The van der Waals surface area contributed by atoms with E-state index >= 15 is 0 Å². The molecule has 0 heterocycles. The first-order chi connectivity index (χ1) is 5.54. The summed E-state index contributed by atoms with van der Waals surface area (Å²) in [6.07, 6.45) is 1.15. The highest BCUT2D eigenvalue weighted by Gasteiger charge is 1.85. The third kappa shape index (κ3) is 22.5. The van der Waals surface area contributed by atoms with Crippen molar-refractivity contribution in [3.05, 3.63) is 0 Å². The number of nitrogens with two attached hydrogens (primary N) is 1. The average molecular weight is 176 g/mol. The summed E-state index contributed by atoms with van der Waals surface area (Å²) < 4.78 is 0. The fourth-order valence-corrected chi connectivity index (χ4v) is 0.533. The van der Waals surface area contributed by atoms with Gasteiger partial charge >= 0.3 is 0 Å². The van der Waals surface area contributed by atoms with Crippen LogP contribution < -0.4 is 5.73 Å². The van der Waals surface area contributed by atoms with Gasteiger partial charge in [0.15, 0.2) is 0 Å². The van der Waals surface area contributed by atoms with Crippen LogP contribution in [0.4, 0.5) is 0 Å². The smallest absolute Gasteiger partial charge is 0.0558 e. The van der Waals surface area contributed by atoms with Crippen LogP contribution in [0.3, 0.4) is 0 Å². The van der Waals surface area contributed by atoms with Crippen molar-refractivity contribution in [2.24, 2.45) is 11.7 Å². The predicted molar refractivity (Wildman–Crippen MR) is 54.1 cm³/mol. The van der Waals surface area contributed by atoms with Crippen LogP contribution in [0.2, 0.25) is 0 Å². The van der Waals surface area contributed by atoms with Gasteiger partial charge in [-0.3, -0.25) is 0 Å². The van der Waals surface area contributed by atoms with Gasteiger partial charge in [0.05, 0.1) is 6.61 Å². The van der Waals surface area contributed by atoms with Crippen LogP contribution in [0.25, 0.3) is 0 Å². The number of aliphatic hydroxyl groups excluding tert-OH is 1. The molecule has 0 spiro atoms. The third-order valence-corrected chi connectivity index (χ3v) is 1.29. The summed E-state index contributed by atoms with van der Waals surface area (Å²) in [5.41, 5.74) is 5.23. The van der Waals surface area contributed by atoms with Gasteiger partial charge in [-0.15, -0.1) is 0 Å². The lowest BCUT2D eigenvalue weighted by Gasteiger charge is -2.03. The highest BCUT2D eigenvalue weighted by atomic mass is 16.3. The zero-order valence-corrected chi connectivity index (χ0v) is 8.88. The predicted octanol–water partition coefficient (Wildman–Crippen LogP) is 0.531. The molecule has 12 heavy (non-hydrogen) atoms. The quantitative estimate of drug-likeness (QED) is 0.657. The minimum atomic E-state index is 0.257. The molecule has 0 bridgehead atoms. The van der Waals surface area contributed by atoms with Crippen LogP contribution in [0, 0.1) is 5.92 Å². The summed E-state index contributed by atoms with van der Waals surface area (Å²) >= 11 is 0. The Hall–Kier alpha value is -0.120. The fourth-order valence-electron chi connectivity index (χ4n) is 0.533. The zero-order chi connectivity index (χ0) is 9.98. The van der Waals surface area contributed by atoms with E-state index in [0.29, 0.717) is 0 Å². The van der Waals surface area contributed by atoms with Crippen molar-refractivity contribution in [1.82, 2.24) is 4.90 Å². The summed E-state index contributed by atoms with van der Waals surface area (Å²) in [6, 6.07) is 0. The number of nitrogens with zero attached hydrogens (tertiary/aromatic N) is 1. The third-order valence-electron chi connectivity index (χ3n) is 1.29. The van der Waals surface area contributed by atoms with E-state index in [1.54, 1.807) is 0 Å². The Bertz CT molecular complexity index is 64.9. The first-order valence-electron chi connectivity index (χ1n) is 4.50. The van der Waals surface area contributed by atoms with E-state index in [9.17, 15) is 0 Å². The molecule has 0 saturated heterocycles. The van der Waals surface area contributed by atoms with Crippen molar-refractivity contribution in [1.29, 1.82) is 0 Å². The second-order valence-electron chi connectivity index (χ2n) is 3.50. The molecule has 0 aliphatic rings. The van der Waals surface area contributed by atoms with Crippen LogP contribution in [-0.4, -0.2) is 43.8 Å². The first kappa shape index (κ1) is 14.4. The van der Waals surface area contributed by atoms with E-state index in [1.165, 1.54) is 0 Å². The molecular formula is C9H24N2O. The highest BCUT2D eigenvalue weighted by Crippen LogP contribution is 1.93. The van der Waals surface area contributed by atoms with Gasteiger partial charge in [0.2, 0.25) is 0 Å². The summed E-state index contributed by atoms with van der Waals surface area (Å²) in [7, 11) is 3.85. The van der Waals surface area contributed by atoms with E-state index < -0.39 is 0 Å². The lowest BCUT2D eigenvalue weighted by Crippen LogP contribution is -2.15. The standard InChI is InChI=1S/C5H13N.C4H11NO/c2*1-5(2)3-4-6/h5H,3-4,6H2,1-2H3;6H,3-4H2,1-2H3. The molecule has 0 rings (SSSR count). The Balaban J connectivity index is 0. The molecule has 0 radical (unpaired) electrons. The van der Waals surface area contributed by atoms with Gasteiger partial charge in [0, 0.05) is 6.54 Å². The Labute approximate surface area is 76.6 Å². The van der Waals surface area contributed by atoms with Crippen molar-refractivity contribution in [3.63, 3.8) is 0 Å². The topological polar surface area (TPSA) is 49.5 Å². The van der Waals surface area contributed by atoms with E-state index in [4.69, 9.17) is 10.8 Å². The summed E-state index contributed by atoms with van der Waals surface area (Å²) in [5.74, 6) is 0.773. The van der Waals surface area contributed by atoms with Crippen LogP contribution in [0.5, 0.6) is 0 Å². The molecule has 3 N–H and O–H groups in total. The fraction of sp³-hybridized carbons (Fsp3) is 1.00. The number of rotatable bonds is 4. The largest absolute Gasteiger partial charge is 0.395 e. The van der Waals surface area contributed by atoms with E-state index in [-0.39, 0.29) is 6.61 Å². The van der Waals surface area contributed by atoms with Crippen molar-refractivity contribution < 1.29 is 5.11 Å². The van der Waals surface area contributed by atoms with Gasteiger partial charge < -0.3 is 15.7 Å². The number of aliphatic hydroxyl groups is 1. The second-order valence-corrected chi connectivity index (χ2v) is 3.50. The molecule has 3 heteroatoms. The molecule has 0 atom stereocenters. The molecule has 0 aromatic carbocycles. The minimum absolute atomic E-state index is 0.257. The van der Waals surface area contributed by atoms with E-state index in [1.807, 2.05) is 19.0 Å². The maximum atomic E-state index is 8.20. The Morgan fingerprint density at radius 2 is 1.83 bits per heavy atom. The maximum Gasteiger partial charge on any atom is 0.0558 e. The van der Waals surface area contributed by atoms with Crippen LogP contribution in [0.1, 0.15) is 20.3 Å². The molecule has 0 aromatic heterocycles. The summed E-state index contributed by atoms with van der Waals surface area (Å²) in [6.45, 7) is 6.20. The van der Waals surface area contributed by atoms with E-state index in [0.717, 1.165) is 25.4 Å². The van der Waals surface area contributed by atoms with Gasteiger partial charge in [-0.1, -0.05) is 13.8 Å². The van der Waals surface area contributed by atoms with E-state index in [2.05, 4.69) is 13.8 Å². The molecule has 0 saturated carbocycles. The number of hydrogen-bond donors (Lipinski definition) is 2. The van der Waals surface area contributed by atoms with Crippen molar-refractivity contribution in [3.8, 4) is 0 Å². The molecule has 0 unspecified atom stereocenters. The molecule has 76 valence electrons. The van der Waals surface area contributed by atoms with Crippen molar-refractivity contribution >= 4 is 0 Å². The highest BCUT2D eigenvalue weighted by molar-refractivity contribution is 4.42. The Morgan fingerprint density at radius 1 is 1.33 bits per heavy atom. The molecular weight excluding hydrogens is 152 g/mol. The normalized spacial score (nSPS) is 10.0. The van der Waals surface area contributed by atoms with Crippen LogP contribution in [0.15, 0.2) is 0 Å². The maximum absolute atomic E-state index is 8.20. The molecule has 0 aliphatic carbocycles. The average Bonchev–Trinajstić information content (AvgIpc) is 1.87. The van der Waals surface area contributed by atoms with Gasteiger partial charge in [-0.05, 0) is 33.0 Å². The van der Waals surface area contributed by atoms with Gasteiger partial charge in [-0.2, -0.15) is 0 Å². The first-order valence-corrected chi connectivity index (χ1v) is 4.50. The van der Waals surface area contributed by atoms with Crippen LogP contribution in [-0.2, 0) is 0 Å². The van der Waals surface area contributed by atoms with Crippen molar-refractivity contribution in [2.75, 3.05) is 33.8 Å². The zero-order valence-electron chi connectivity index (χ0n) is 8.88. The molecule has 3 nitrogen and oxygen atoms in total. The SMILES string of the molecule is CC(C)CCN.CN(C)CCO. The number of likely N-dealkylation sites (N-methyl/N-ethyl adjacent to an activating group) is 1. The molecule has 0 fully saturated rings. The summed E-state index contributed by atoms with van der Waals surface area (Å²) in [4.78, 5) is 1.93. The molecule has 0 aromatic rings.